The smallest absolute Gasteiger partial charge is 0.0463 e. The van der Waals surface area contributed by atoms with Gasteiger partial charge in [0.15, 0.2) is 0 Å². The molecule has 2 aromatic rings. The van der Waals surface area contributed by atoms with E-state index in [1.807, 2.05) is 24.5 Å². The van der Waals surface area contributed by atoms with E-state index in [1.54, 1.807) is 0 Å². The molecule has 1 saturated heterocycles. The van der Waals surface area contributed by atoms with Gasteiger partial charge in [-0.1, -0.05) is 13.8 Å². The first-order valence-electron chi connectivity index (χ1n) is 7.74. The number of piperazine rings is 1. The highest BCUT2D eigenvalue weighted by molar-refractivity contribution is 6.00. The molecule has 21 heavy (non-hydrogen) atoms. The predicted molar refractivity (Wildman–Crippen MR) is 89.6 cm³/mol. The highest BCUT2D eigenvalue weighted by Gasteiger charge is 2.19. The lowest BCUT2D eigenvalue weighted by molar-refractivity contribution is 0.231. The summed E-state index contributed by atoms with van der Waals surface area (Å²) in [7, 11) is 0. The number of hydrogen-bond donors (Lipinski definition) is 1. The van der Waals surface area contributed by atoms with E-state index in [0.717, 1.165) is 48.6 Å². The van der Waals surface area contributed by atoms with Crippen LogP contribution in [0.15, 0.2) is 30.6 Å². The van der Waals surface area contributed by atoms with Gasteiger partial charge in [-0.3, -0.25) is 9.88 Å². The lowest BCUT2D eigenvalue weighted by atomic mass is 10.1. The van der Waals surface area contributed by atoms with Gasteiger partial charge in [-0.05, 0) is 24.1 Å². The first-order chi connectivity index (χ1) is 10.1. The molecule has 0 radical (unpaired) electrons. The average molecular weight is 284 g/mol. The molecule has 1 aliphatic heterocycles. The first kappa shape index (κ1) is 14.1. The maximum Gasteiger partial charge on any atom is 0.0463 e. The lowest BCUT2D eigenvalue weighted by Gasteiger charge is -2.37. The molecule has 112 valence electrons. The van der Waals surface area contributed by atoms with Crippen LogP contribution in [-0.4, -0.2) is 42.6 Å². The normalized spacial score (nSPS) is 16.8. The van der Waals surface area contributed by atoms with Crippen molar-refractivity contribution in [3.05, 3.63) is 30.6 Å². The number of fused-ring (bicyclic) bond motifs is 1. The van der Waals surface area contributed by atoms with Crippen molar-refractivity contribution in [2.75, 3.05) is 43.4 Å². The van der Waals surface area contributed by atoms with Crippen LogP contribution in [0.1, 0.15) is 13.8 Å². The molecule has 2 heterocycles. The van der Waals surface area contributed by atoms with Crippen molar-refractivity contribution in [2.24, 2.45) is 5.92 Å². The Hall–Kier alpha value is -1.81. The summed E-state index contributed by atoms with van der Waals surface area (Å²) in [6.07, 6.45) is 3.74. The Kier molecular flexibility index (Phi) is 3.97. The number of rotatable bonds is 3. The van der Waals surface area contributed by atoms with Crippen molar-refractivity contribution in [3.63, 3.8) is 0 Å². The summed E-state index contributed by atoms with van der Waals surface area (Å²) in [6, 6.07) is 6.15. The Balaban J connectivity index is 1.81. The molecule has 1 aromatic heterocycles. The van der Waals surface area contributed by atoms with Crippen LogP contribution >= 0.6 is 0 Å². The minimum Gasteiger partial charge on any atom is -0.398 e. The van der Waals surface area contributed by atoms with E-state index >= 15 is 0 Å². The van der Waals surface area contributed by atoms with Gasteiger partial charge in [0.25, 0.3) is 0 Å². The number of anilines is 2. The third-order valence-electron chi connectivity index (χ3n) is 4.17. The largest absolute Gasteiger partial charge is 0.398 e. The fourth-order valence-electron chi connectivity index (χ4n) is 3.16. The van der Waals surface area contributed by atoms with E-state index in [1.165, 1.54) is 12.2 Å². The molecule has 1 fully saturated rings. The van der Waals surface area contributed by atoms with E-state index < -0.39 is 0 Å². The van der Waals surface area contributed by atoms with Crippen LogP contribution < -0.4 is 10.6 Å². The minimum atomic E-state index is 0.734. The highest BCUT2D eigenvalue weighted by Crippen LogP contribution is 2.30. The maximum absolute atomic E-state index is 6.08. The third kappa shape index (κ3) is 2.95. The second-order valence-electron chi connectivity index (χ2n) is 6.28. The molecule has 4 heteroatoms. The van der Waals surface area contributed by atoms with Crippen LogP contribution in [0.4, 0.5) is 11.4 Å². The van der Waals surface area contributed by atoms with Crippen molar-refractivity contribution >= 4 is 22.1 Å². The molecular formula is C17H24N4. The molecule has 2 N–H and O–H groups in total. The number of nitrogen functional groups attached to an aromatic ring is 1. The zero-order chi connectivity index (χ0) is 14.8. The molecule has 0 amide bonds. The van der Waals surface area contributed by atoms with E-state index in [9.17, 15) is 0 Å². The Labute approximate surface area is 126 Å². The number of pyridine rings is 1. The Morgan fingerprint density at radius 1 is 1.10 bits per heavy atom. The van der Waals surface area contributed by atoms with Crippen molar-refractivity contribution in [1.29, 1.82) is 0 Å². The molecule has 1 aliphatic rings. The van der Waals surface area contributed by atoms with Gasteiger partial charge in [0.05, 0.1) is 0 Å². The van der Waals surface area contributed by atoms with Crippen molar-refractivity contribution < 1.29 is 0 Å². The first-order valence-corrected chi connectivity index (χ1v) is 7.74. The van der Waals surface area contributed by atoms with Crippen LogP contribution in [0, 0.1) is 5.92 Å². The Bertz CT molecular complexity index is 615. The number of aromatic nitrogens is 1. The number of nitrogens with two attached hydrogens (primary N) is 1. The van der Waals surface area contributed by atoms with Crippen molar-refractivity contribution in [3.8, 4) is 0 Å². The zero-order valence-electron chi connectivity index (χ0n) is 12.9. The van der Waals surface area contributed by atoms with Crippen LogP contribution in [-0.2, 0) is 0 Å². The van der Waals surface area contributed by atoms with Gasteiger partial charge in [0, 0.05) is 67.3 Å². The monoisotopic (exact) mass is 284 g/mol. The van der Waals surface area contributed by atoms with E-state index in [2.05, 4.69) is 34.7 Å². The second kappa shape index (κ2) is 5.90. The van der Waals surface area contributed by atoms with Gasteiger partial charge in [-0.25, -0.2) is 0 Å². The molecule has 3 rings (SSSR count). The van der Waals surface area contributed by atoms with Gasteiger partial charge >= 0.3 is 0 Å². The fraction of sp³-hybridized carbons (Fsp3) is 0.471. The molecule has 0 atom stereocenters. The summed E-state index contributed by atoms with van der Waals surface area (Å²) in [5.74, 6) is 0.734. The molecule has 1 aromatic carbocycles. The van der Waals surface area contributed by atoms with Gasteiger partial charge < -0.3 is 10.6 Å². The maximum atomic E-state index is 6.08. The van der Waals surface area contributed by atoms with Gasteiger partial charge in [0.1, 0.15) is 0 Å². The van der Waals surface area contributed by atoms with Gasteiger partial charge in [0.2, 0.25) is 0 Å². The van der Waals surface area contributed by atoms with E-state index in [4.69, 9.17) is 5.73 Å². The van der Waals surface area contributed by atoms with Gasteiger partial charge in [-0.2, -0.15) is 0 Å². The van der Waals surface area contributed by atoms with Crippen molar-refractivity contribution in [2.45, 2.75) is 13.8 Å². The summed E-state index contributed by atoms with van der Waals surface area (Å²) in [4.78, 5) is 9.28. The lowest BCUT2D eigenvalue weighted by Crippen LogP contribution is -2.47. The molecular weight excluding hydrogens is 260 g/mol. The van der Waals surface area contributed by atoms with Crippen LogP contribution in [0.5, 0.6) is 0 Å². The molecule has 0 saturated carbocycles. The average Bonchev–Trinajstić information content (AvgIpc) is 2.48. The summed E-state index contributed by atoms with van der Waals surface area (Å²) in [5, 5.41) is 2.27. The molecule has 0 unspecified atom stereocenters. The van der Waals surface area contributed by atoms with Crippen molar-refractivity contribution in [1.82, 2.24) is 9.88 Å². The van der Waals surface area contributed by atoms with Crippen LogP contribution in [0.3, 0.4) is 0 Å². The number of nitrogens with zero attached hydrogens (tertiary/aromatic N) is 3. The summed E-state index contributed by atoms with van der Waals surface area (Å²) < 4.78 is 0. The summed E-state index contributed by atoms with van der Waals surface area (Å²) in [6.45, 7) is 10.2. The topological polar surface area (TPSA) is 45.4 Å². The van der Waals surface area contributed by atoms with Crippen LogP contribution in [0.2, 0.25) is 0 Å². The minimum absolute atomic E-state index is 0.734. The fourth-order valence-corrected chi connectivity index (χ4v) is 3.16. The third-order valence-corrected chi connectivity index (χ3v) is 4.17. The summed E-state index contributed by atoms with van der Waals surface area (Å²) in [5.41, 5.74) is 8.17. The van der Waals surface area contributed by atoms with Gasteiger partial charge in [-0.15, -0.1) is 0 Å². The zero-order valence-corrected chi connectivity index (χ0v) is 12.9. The van der Waals surface area contributed by atoms with Crippen LogP contribution in [0.25, 0.3) is 10.8 Å². The molecule has 4 nitrogen and oxygen atoms in total. The van der Waals surface area contributed by atoms with E-state index in [0.29, 0.717) is 0 Å². The standard InChI is InChI=1S/C17H24N4/c1-13(2)12-20-7-9-21(10-8-20)17-4-3-16(18)14-5-6-19-11-15(14)17/h3-6,11,13H,7-10,12,18H2,1-2H3. The Morgan fingerprint density at radius 3 is 2.57 bits per heavy atom. The highest BCUT2D eigenvalue weighted by atomic mass is 15.3. The second-order valence-corrected chi connectivity index (χ2v) is 6.28. The Morgan fingerprint density at radius 2 is 1.86 bits per heavy atom. The predicted octanol–water partition coefficient (Wildman–Crippen LogP) is 2.60. The van der Waals surface area contributed by atoms with E-state index in [-0.39, 0.29) is 0 Å². The number of benzene rings is 1. The molecule has 0 spiro atoms. The SMILES string of the molecule is CC(C)CN1CCN(c2ccc(N)c3ccncc23)CC1. The molecule has 0 bridgehead atoms. The molecule has 0 aliphatic carbocycles. The number of hydrogen-bond acceptors (Lipinski definition) is 4. The quantitative estimate of drug-likeness (QED) is 0.880. The summed E-state index contributed by atoms with van der Waals surface area (Å²) >= 11 is 0.